The molecule has 2 unspecified atom stereocenters. The van der Waals surface area contributed by atoms with Crippen LogP contribution in [0.15, 0.2) is 42.5 Å². The van der Waals surface area contributed by atoms with E-state index >= 15 is 0 Å². The van der Waals surface area contributed by atoms with Gasteiger partial charge in [0.2, 0.25) is 0 Å². The molecular weight excluding hydrogens is 450 g/mol. The number of ether oxygens (including phenoxy) is 3. The maximum absolute atomic E-state index is 13.2. The Morgan fingerprint density at radius 1 is 1.15 bits per heavy atom. The molecule has 5 rings (SSSR count). The molecule has 0 bridgehead atoms. The summed E-state index contributed by atoms with van der Waals surface area (Å²) in [7, 11) is 1.68. The highest BCUT2D eigenvalue weighted by Crippen LogP contribution is 2.40. The number of nitrogens with one attached hydrogen (secondary N) is 1. The number of hydrogen-bond acceptors (Lipinski definition) is 7. The first-order valence-corrected chi connectivity index (χ1v) is 12.6. The molecule has 1 N–H and O–H groups in total. The summed E-state index contributed by atoms with van der Waals surface area (Å²) in [5, 5.41) is 0. The van der Waals surface area contributed by atoms with E-state index in [1.54, 1.807) is 19.2 Å². The van der Waals surface area contributed by atoms with Crippen molar-refractivity contribution in [1.82, 2.24) is 9.21 Å². The van der Waals surface area contributed by atoms with E-state index in [0.29, 0.717) is 18.5 Å². The van der Waals surface area contributed by atoms with Crippen LogP contribution in [0.1, 0.15) is 27.9 Å². The number of benzene rings is 2. The largest absolute Gasteiger partial charge is 0.486 e. The molecule has 3 aliphatic heterocycles. The molecule has 0 aliphatic carbocycles. The van der Waals surface area contributed by atoms with E-state index in [2.05, 4.69) is 9.03 Å². The van der Waals surface area contributed by atoms with Crippen molar-refractivity contribution in [3.63, 3.8) is 0 Å². The van der Waals surface area contributed by atoms with E-state index in [-0.39, 0.29) is 18.1 Å². The third kappa shape index (κ3) is 4.91. The van der Waals surface area contributed by atoms with E-state index in [4.69, 9.17) is 14.2 Å². The molecule has 3 fully saturated rings. The molecule has 0 saturated carbocycles. The molecule has 34 heavy (non-hydrogen) atoms. The SMILES string of the molecule is COC1CN(C(=O)c2cc(C)ccc2C)CC1Oc1cccc(NSN2CCC3(COC3)C2)c1. The van der Waals surface area contributed by atoms with Gasteiger partial charge in [-0.25, -0.2) is 4.31 Å². The molecule has 2 aromatic rings. The van der Waals surface area contributed by atoms with Crippen molar-refractivity contribution in [2.75, 3.05) is 51.2 Å². The number of nitrogens with zero attached hydrogens (tertiary/aromatic N) is 2. The average molecular weight is 484 g/mol. The second-order valence-electron chi connectivity index (χ2n) is 9.79. The van der Waals surface area contributed by atoms with Gasteiger partial charge in [-0.2, -0.15) is 0 Å². The van der Waals surface area contributed by atoms with Gasteiger partial charge in [-0.05, 0) is 44.0 Å². The van der Waals surface area contributed by atoms with Crippen molar-refractivity contribution in [1.29, 1.82) is 0 Å². The minimum atomic E-state index is -0.223. The van der Waals surface area contributed by atoms with Crippen LogP contribution in [0.3, 0.4) is 0 Å². The summed E-state index contributed by atoms with van der Waals surface area (Å²) >= 11 is 1.64. The summed E-state index contributed by atoms with van der Waals surface area (Å²) in [6, 6.07) is 14.0. The zero-order valence-corrected chi connectivity index (χ0v) is 20.9. The Labute approximate surface area is 206 Å². The summed E-state index contributed by atoms with van der Waals surface area (Å²) in [5.74, 6) is 0.797. The third-order valence-corrected chi connectivity index (χ3v) is 7.96. The van der Waals surface area contributed by atoms with Crippen LogP contribution in [0.2, 0.25) is 0 Å². The van der Waals surface area contributed by atoms with E-state index in [1.165, 1.54) is 6.42 Å². The van der Waals surface area contributed by atoms with Crippen LogP contribution >= 0.6 is 12.1 Å². The predicted octanol–water partition coefficient (Wildman–Crippen LogP) is 3.92. The van der Waals surface area contributed by atoms with Gasteiger partial charge in [0.1, 0.15) is 18.0 Å². The number of carbonyl (C=O) groups is 1. The van der Waals surface area contributed by atoms with Crippen LogP contribution in [0.5, 0.6) is 5.75 Å². The second kappa shape index (κ2) is 9.77. The first kappa shape index (κ1) is 23.5. The lowest BCUT2D eigenvalue weighted by Gasteiger charge is -2.37. The number of anilines is 1. The molecule has 182 valence electrons. The van der Waals surface area contributed by atoms with Gasteiger partial charge >= 0.3 is 0 Å². The van der Waals surface area contributed by atoms with Crippen LogP contribution in [0, 0.1) is 19.3 Å². The summed E-state index contributed by atoms with van der Waals surface area (Å²) in [4.78, 5) is 15.0. The number of aryl methyl sites for hydroxylation is 2. The fourth-order valence-corrected chi connectivity index (χ4v) is 5.79. The third-order valence-electron chi connectivity index (χ3n) is 7.06. The van der Waals surface area contributed by atoms with Gasteiger partial charge in [0.25, 0.3) is 5.91 Å². The summed E-state index contributed by atoms with van der Waals surface area (Å²) in [6.07, 6.45) is 0.798. The molecule has 7 nitrogen and oxygen atoms in total. The second-order valence-corrected chi connectivity index (χ2v) is 10.7. The number of amides is 1. The highest BCUT2D eigenvalue weighted by Gasteiger charge is 2.44. The van der Waals surface area contributed by atoms with E-state index in [9.17, 15) is 4.79 Å². The molecule has 0 aromatic heterocycles. The van der Waals surface area contributed by atoms with Crippen LogP contribution in [0.25, 0.3) is 0 Å². The van der Waals surface area contributed by atoms with Crippen molar-refractivity contribution < 1.29 is 19.0 Å². The highest BCUT2D eigenvalue weighted by atomic mass is 32.2. The zero-order valence-electron chi connectivity index (χ0n) is 20.1. The van der Waals surface area contributed by atoms with E-state index < -0.39 is 0 Å². The number of methoxy groups -OCH3 is 1. The lowest BCUT2D eigenvalue weighted by atomic mass is 9.86. The Bertz CT molecular complexity index is 1040. The Morgan fingerprint density at radius 3 is 2.71 bits per heavy atom. The number of likely N-dealkylation sites (tertiary alicyclic amines) is 1. The predicted molar refractivity (Wildman–Crippen MR) is 134 cm³/mol. The maximum Gasteiger partial charge on any atom is 0.254 e. The monoisotopic (exact) mass is 483 g/mol. The van der Waals surface area contributed by atoms with Gasteiger partial charge in [-0.15, -0.1) is 0 Å². The molecule has 3 saturated heterocycles. The van der Waals surface area contributed by atoms with Gasteiger partial charge in [0.05, 0.1) is 26.3 Å². The fraction of sp³-hybridized carbons (Fsp3) is 0.500. The van der Waals surface area contributed by atoms with Crippen LogP contribution < -0.4 is 9.46 Å². The first-order chi connectivity index (χ1) is 16.4. The number of rotatable bonds is 7. The first-order valence-electron chi connectivity index (χ1n) is 11.9. The van der Waals surface area contributed by atoms with Gasteiger partial charge < -0.3 is 23.8 Å². The molecule has 8 heteroatoms. The topological polar surface area (TPSA) is 63.3 Å². The Balaban J connectivity index is 1.19. The van der Waals surface area contributed by atoms with Crippen molar-refractivity contribution in [2.45, 2.75) is 32.5 Å². The van der Waals surface area contributed by atoms with Gasteiger partial charge in [-0.3, -0.25) is 4.79 Å². The molecule has 3 aliphatic rings. The Morgan fingerprint density at radius 2 is 1.97 bits per heavy atom. The average Bonchev–Trinajstić information content (AvgIpc) is 3.44. The Kier molecular flexibility index (Phi) is 6.75. The number of hydrogen-bond donors (Lipinski definition) is 1. The highest BCUT2D eigenvalue weighted by molar-refractivity contribution is 7.98. The van der Waals surface area contributed by atoms with Gasteiger partial charge in [0.15, 0.2) is 0 Å². The molecule has 2 aromatic carbocycles. The van der Waals surface area contributed by atoms with Crippen molar-refractivity contribution in [3.8, 4) is 5.75 Å². The molecule has 3 heterocycles. The van der Waals surface area contributed by atoms with Crippen molar-refractivity contribution in [2.24, 2.45) is 5.41 Å². The molecule has 1 amide bonds. The fourth-order valence-electron chi connectivity index (χ4n) is 4.91. The van der Waals surface area contributed by atoms with E-state index in [0.717, 1.165) is 54.4 Å². The van der Waals surface area contributed by atoms with Crippen LogP contribution in [-0.2, 0) is 9.47 Å². The standard InChI is InChI=1S/C26H33N3O4S/c1-18-7-8-19(2)22(11-18)25(30)28-13-23(31-3)24(14-28)33-21-6-4-5-20(12-21)27-34-29-10-9-26(15-29)16-32-17-26/h4-8,11-12,23-24,27H,9-10,13-17H2,1-3H3. The molecule has 2 atom stereocenters. The van der Waals surface area contributed by atoms with E-state index in [1.807, 2.05) is 61.2 Å². The molecule has 1 spiro atoms. The van der Waals surface area contributed by atoms with Crippen LogP contribution in [0.4, 0.5) is 5.69 Å². The lowest BCUT2D eigenvalue weighted by Crippen LogP contribution is -2.44. The summed E-state index contributed by atoms with van der Waals surface area (Å²) < 4.78 is 23.2. The minimum Gasteiger partial charge on any atom is -0.486 e. The molecular formula is C26H33N3O4S. The summed E-state index contributed by atoms with van der Waals surface area (Å²) in [6.45, 7) is 8.89. The van der Waals surface area contributed by atoms with Crippen molar-refractivity contribution in [3.05, 3.63) is 59.2 Å². The van der Waals surface area contributed by atoms with Crippen molar-refractivity contribution >= 4 is 23.7 Å². The molecule has 0 radical (unpaired) electrons. The lowest BCUT2D eigenvalue weighted by molar-refractivity contribution is -0.102. The zero-order chi connectivity index (χ0) is 23.7. The Hall–Kier alpha value is -2.26. The van der Waals surface area contributed by atoms with Gasteiger partial charge in [-0.1, -0.05) is 23.8 Å². The van der Waals surface area contributed by atoms with Gasteiger partial charge in [0, 0.05) is 55.1 Å². The normalized spacial score (nSPS) is 23.8. The quantitative estimate of drug-likeness (QED) is 0.599. The maximum atomic E-state index is 13.2. The number of carbonyl (C=O) groups excluding carboxylic acids is 1. The minimum absolute atomic E-state index is 0.0291. The summed E-state index contributed by atoms with van der Waals surface area (Å²) in [5.41, 5.74) is 4.17. The smallest absolute Gasteiger partial charge is 0.254 e. The van der Waals surface area contributed by atoms with Crippen LogP contribution in [-0.4, -0.2) is 73.8 Å².